The fourth-order valence-corrected chi connectivity index (χ4v) is 3.63. The zero-order valence-electron chi connectivity index (χ0n) is 16.2. The molecule has 1 atom stereocenters. The van der Waals surface area contributed by atoms with E-state index in [1.54, 1.807) is 0 Å². The van der Waals surface area contributed by atoms with Crippen LogP contribution in [-0.2, 0) is 16.0 Å². The molecule has 27 heavy (non-hydrogen) atoms. The van der Waals surface area contributed by atoms with Crippen molar-refractivity contribution in [2.24, 2.45) is 10.2 Å². The third kappa shape index (κ3) is 6.82. The molecule has 1 fully saturated rings. The molecule has 2 amide bonds. The minimum atomic E-state index is -0.477. The zero-order valence-corrected chi connectivity index (χ0v) is 17.1. The molecule has 146 valence electrons. The van der Waals surface area contributed by atoms with Gasteiger partial charge in [0, 0.05) is 17.8 Å². The van der Waals surface area contributed by atoms with Crippen LogP contribution in [0.3, 0.4) is 0 Å². The van der Waals surface area contributed by atoms with Crippen molar-refractivity contribution in [3.63, 3.8) is 0 Å². The van der Waals surface area contributed by atoms with Gasteiger partial charge in [-0.1, -0.05) is 57.5 Å². The number of nitrogens with one attached hydrogen (secondary N) is 2. The van der Waals surface area contributed by atoms with Crippen molar-refractivity contribution in [3.8, 4) is 0 Å². The highest BCUT2D eigenvalue weighted by Crippen LogP contribution is 2.23. The Balaban J connectivity index is 1.91. The van der Waals surface area contributed by atoms with Crippen LogP contribution in [0.15, 0.2) is 34.5 Å². The first-order chi connectivity index (χ1) is 13.0. The molecule has 0 bridgehead atoms. The van der Waals surface area contributed by atoms with Crippen LogP contribution >= 0.6 is 11.8 Å². The van der Waals surface area contributed by atoms with E-state index < -0.39 is 5.25 Å². The van der Waals surface area contributed by atoms with E-state index in [0.717, 1.165) is 43.5 Å². The van der Waals surface area contributed by atoms with Gasteiger partial charge in [-0.2, -0.15) is 5.10 Å². The highest BCUT2D eigenvalue weighted by molar-refractivity contribution is 8.15. The van der Waals surface area contributed by atoms with Crippen molar-refractivity contribution in [1.29, 1.82) is 0 Å². The number of rotatable bonds is 9. The van der Waals surface area contributed by atoms with Gasteiger partial charge in [0.2, 0.25) is 11.8 Å². The van der Waals surface area contributed by atoms with Crippen molar-refractivity contribution in [2.75, 3.05) is 5.32 Å². The number of amides is 2. The minimum Gasteiger partial charge on any atom is -0.326 e. The van der Waals surface area contributed by atoms with Gasteiger partial charge in [0.25, 0.3) is 0 Å². The van der Waals surface area contributed by atoms with Gasteiger partial charge >= 0.3 is 0 Å². The van der Waals surface area contributed by atoms with Crippen LogP contribution in [0.4, 0.5) is 5.69 Å². The lowest BCUT2D eigenvalue weighted by atomic mass is 10.1. The number of benzene rings is 1. The van der Waals surface area contributed by atoms with Crippen molar-refractivity contribution in [1.82, 2.24) is 5.32 Å². The predicted molar refractivity (Wildman–Crippen MR) is 113 cm³/mol. The summed E-state index contributed by atoms with van der Waals surface area (Å²) in [6, 6.07) is 7.73. The number of carbonyl (C=O) groups is 2. The summed E-state index contributed by atoms with van der Waals surface area (Å²) in [4.78, 5) is 24.4. The molecule has 7 heteroatoms. The molecule has 1 heterocycles. The third-order valence-electron chi connectivity index (χ3n) is 4.15. The van der Waals surface area contributed by atoms with Crippen LogP contribution in [0.2, 0.25) is 0 Å². The number of thioether (sulfide) groups is 1. The van der Waals surface area contributed by atoms with Gasteiger partial charge in [0.05, 0.1) is 0 Å². The monoisotopic (exact) mass is 388 g/mol. The summed E-state index contributed by atoms with van der Waals surface area (Å²) in [7, 11) is 0. The molecule has 1 aromatic carbocycles. The van der Waals surface area contributed by atoms with E-state index in [2.05, 4.69) is 41.6 Å². The average molecular weight is 389 g/mol. The maximum atomic E-state index is 12.2. The molecule has 1 saturated heterocycles. The second kappa shape index (κ2) is 10.9. The van der Waals surface area contributed by atoms with Crippen LogP contribution in [0.1, 0.15) is 58.4 Å². The summed E-state index contributed by atoms with van der Waals surface area (Å²) in [5.74, 6) is -0.382. The SMILES string of the molecule is CCCC(CCC)=N/N=C1\NC(=O)[C@H](CC(=O)Nc2ccc(CC)cc2)S1. The van der Waals surface area contributed by atoms with E-state index in [9.17, 15) is 9.59 Å². The van der Waals surface area contributed by atoms with Gasteiger partial charge in [-0.05, 0) is 37.0 Å². The molecule has 1 aliphatic rings. The van der Waals surface area contributed by atoms with Gasteiger partial charge in [-0.25, -0.2) is 0 Å². The Bertz CT molecular complexity index is 705. The maximum Gasteiger partial charge on any atom is 0.240 e. The van der Waals surface area contributed by atoms with E-state index in [1.807, 2.05) is 24.3 Å². The molecular formula is C20H28N4O2S. The van der Waals surface area contributed by atoms with Crippen molar-refractivity contribution < 1.29 is 9.59 Å². The molecular weight excluding hydrogens is 360 g/mol. The van der Waals surface area contributed by atoms with Gasteiger partial charge in [-0.3, -0.25) is 9.59 Å². The Morgan fingerprint density at radius 1 is 1.15 bits per heavy atom. The maximum absolute atomic E-state index is 12.2. The highest BCUT2D eigenvalue weighted by Gasteiger charge is 2.32. The Hall–Kier alpha value is -2.15. The van der Waals surface area contributed by atoms with Gasteiger partial charge in [0.15, 0.2) is 5.17 Å². The predicted octanol–water partition coefficient (Wildman–Crippen LogP) is 4.12. The van der Waals surface area contributed by atoms with Crippen molar-refractivity contribution >= 4 is 40.1 Å². The summed E-state index contributed by atoms with van der Waals surface area (Å²) in [5.41, 5.74) is 2.99. The lowest BCUT2D eigenvalue weighted by Crippen LogP contribution is -2.28. The number of nitrogens with zero attached hydrogens (tertiary/aromatic N) is 2. The fourth-order valence-electron chi connectivity index (χ4n) is 2.71. The van der Waals surface area contributed by atoms with Crippen molar-refractivity contribution in [3.05, 3.63) is 29.8 Å². The normalized spacial score (nSPS) is 17.7. The zero-order chi connectivity index (χ0) is 19.6. The lowest BCUT2D eigenvalue weighted by Gasteiger charge is -2.08. The van der Waals surface area contributed by atoms with E-state index in [0.29, 0.717) is 5.17 Å². The van der Waals surface area contributed by atoms with Crippen LogP contribution in [0.25, 0.3) is 0 Å². The standard InChI is InChI=1S/C20H28N4O2S/c1-4-7-16(8-5-2)23-24-20-22-19(26)17(27-20)13-18(25)21-15-11-9-14(6-3)10-12-15/h9-12,17H,4-8,13H2,1-3H3,(H,21,25)(H,22,24,26)/t17-/m0/s1. The minimum absolute atomic E-state index is 0.103. The molecule has 2 N–H and O–H groups in total. The first-order valence-electron chi connectivity index (χ1n) is 9.55. The second-order valence-corrected chi connectivity index (χ2v) is 7.66. The summed E-state index contributed by atoms with van der Waals surface area (Å²) >= 11 is 1.26. The van der Waals surface area contributed by atoms with E-state index in [4.69, 9.17) is 0 Å². The third-order valence-corrected chi connectivity index (χ3v) is 5.22. The van der Waals surface area contributed by atoms with E-state index in [1.165, 1.54) is 17.3 Å². The first-order valence-corrected chi connectivity index (χ1v) is 10.4. The number of hydrogen-bond donors (Lipinski definition) is 2. The Morgan fingerprint density at radius 2 is 1.81 bits per heavy atom. The average Bonchev–Trinajstić information content (AvgIpc) is 3.00. The smallest absolute Gasteiger partial charge is 0.240 e. The summed E-state index contributed by atoms with van der Waals surface area (Å²) in [6.45, 7) is 6.30. The summed E-state index contributed by atoms with van der Waals surface area (Å²) < 4.78 is 0. The van der Waals surface area contributed by atoms with Gasteiger partial charge in [0.1, 0.15) is 5.25 Å². The highest BCUT2D eigenvalue weighted by atomic mass is 32.2. The van der Waals surface area contributed by atoms with E-state index >= 15 is 0 Å². The van der Waals surface area contributed by atoms with Crippen LogP contribution in [0, 0.1) is 0 Å². The van der Waals surface area contributed by atoms with Gasteiger partial charge in [-0.15, -0.1) is 5.10 Å². The summed E-state index contributed by atoms with van der Waals surface area (Å²) in [6.07, 6.45) is 4.91. The summed E-state index contributed by atoms with van der Waals surface area (Å²) in [5, 5.41) is 14.0. The largest absolute Gasteiger partial charge is 0.326 e. The van der Waals surface area contributed by atoms with E-state index in [-0.39, 0.29) is 18.2 Å². The van der Waals surface area contributed by atoms with Crippen LogP contribution in [-0.4, -0.2) is 27.9 Å². The lowest BCUT2D eigenvalue weighted by molar-refractivity contribution is -0.122. The number of aryl methyl sites for hydroxylation is 1. The molecule has 2 rings (SSSR count). The number of anilines is 1. The molecule has 1 aliphatic heterocycles. The molecule has 0 radical (unpaired) electrons. The molecule has 6 nitrogen and oxygen atoms in total. The van der Waals surface area contributed by atoms with Gasteiger partial charge < -0.3 is 10.6 Å². The molecule has 0 aliphatic carbocycles. The Morgan fingerprint density at radius 3 is 2.41 bits per heavy atom. The van der Waals surface area contributed by atoms with Crippen molar-refractivity contribution in [2.45, 2.75) is 64.5 Å². The quantitative estimate of drug-likeness (QED) is 0.493. The number of hydrogen-bond acceptors (Lipinski definition) is 5. The Labute approximate surface area is 165 Å². The second-order valence-electron chi connectivity index (χ2n) is 6.47. The molecule has 1 aromatic rings. The molecule has 0 saturated carbocycles. The Kier molecular flexibility index (Phi) is 8.51. The molecule has 0 spiro atoms. The number of amidine groups is 1. The first kappa shape index (κ1) is 21.2. The van der Waals surface area contributed by atoms with Crippen LogP contribution in [0.5, 0.6) is 0 Å². The number of carbonyl (C=O) groups excluding carboxylic acids is 2. The van der Waals surface area contributed by atoms with Crippen LogP contribution < -0.4 is 10.6 Å². The molecule has 0 aromatic heterocycles. The fraction of sp³-hybridized carbons (Fsp3) is 0.500. The topological polar surface area (TPSA) is 82.9 Å². The molecule has 0 unspecified atom stereocenters.